The topological polar surface area (TPSA) is 62.8 Å². The molecule has 0 aromatic heterocycles. The van der Waals surface area contributed by atoms with Crippen molar-refractivity contribution in [2.45, 2.75) is 51.4 Å². The monoisotopic (exact) mass is 349 g/mol. The van der Waals surface area contributed by atoms with Gasteiger partial charge in [-0.15, -0.1) is 0 Å². The summed E-state index contributed by atoms with van der Waals surface area (Å²) in [6.45, 7) is 7.55. The van der Waals surface area contributed by atoms with Gasteiger partial charge >= 0.3 is 6.09 Å². The molecule has 6 nitrogen and oxygen atoms in total. The Kier molecular flexibility index (Phi) is 6.67. The fourth-order valence-electron chi connectivity index (χ4n) is 2.73. The summed E-state index contributed by atoms with van der Waals surface area (Å²) in [4.78, 5) is 14.1. The maximum Gasteiger partial charge on any atom is 0.407 e. The van der Waals surface area contributed by atoms with Crippen molar-refractivity contribution < 1.29 is 14.3 Å². The third kappa shape index (κ3) is 6.55. The normalized spacial score (nSPS) is 20.8. The van der Waals surface area contributed by atoms with E-state index in [0.29, 0.717) is 13.2 Å². The van der Waals surface area contributed by atoms with Gasteiger partial charge in [0.15, 0.2) is 0 Å². The van der Waals surface area contributed by atoms with Crippen LogP contribution in [0.25, 0.3) is 0 Å². The average Bonchev–Trinajstić information content (AvgIpc) is 2.52. The lowest BCUT2D eigenvalue weighted by molar-refractivity contribution is 0.0283. The maximum atomic E-state index is 12.0. The molecule has 2 atom stereocenters. The molecule has 140 valence electrons. The second-order valence-electron chi connectivity index (χ2n) is 7.66. The predicted octanol–water partition coefficient (Wildman–Crippen LogP) is 2.52. The Morgan fingerprint density at radius 3 is 2.52 bits per heavy atom. The summed E-state index contributed by atoms with van der Waals surface area (Å²) in [5.74, 6) is 0. The summed E-state index contributed by atoms with van der Waals surface area (Å²) in [6.07, 6.45) is 0.401. The Bertz CT molecular complexity index is 552. The Labute approximate surface area is 150 Å². The van der Waals surface area contributed by atoms with Crippen LogP contribution in [0.2, 0.25) is 0 Å². The van der Waals surface area contributed by atoms with Gasteiger partial charge in [-0.05, 0) is 44.9 Å². The van der Waals surface area contributed by atoms with Crippen molar-refractivity contribution in [3.63, 3.8) is 0 Å². The highest BCUT2D eigenvalue weighted by Gasteiger charge is 2.28. The predicted molar refractivity (Wildman–Crippen MR) is 100.0 cm³/mol. The van der Waals surface area contributed by atoms with Crippen LogP contribution in [0.1, 0.15) is 32.8 Å². The molecule has 0 spiro atoms. The van der Waals surface area contributed by atoms with Crippen LogP contribution in [0.15, 0.2) is 24.3 Å². The zero-order chi connectivity index (χ0) is 18.4. The van der Waals surface area contributed by atoms with E-state index in [1.165, 1.54) is 11.3 Å². The van der Waals surface area contributed by atoms with Gasteiger partial charge in [0.05, 0.1) is 18.7 Å². The second kappa shape index (κ2) is 8.54. The number of hydrogen-bond acceptors (Lipinski definition) is 5. The van der Waals surface area contributed by atoms with Crippen LogP contribution >= 0.6 is 0 Å². The molecule has 1 aliphatic heterocycles. The molecule has 0 unspecified atom stereocenters. The third-order valence-corrected chi connectivity index (χ3v) is 4.08. The van der Waals surface area contributed by atoms with Crippen LogP contribution in [0.3, 0.4) is 0 Å². The van der Waals surface area contributed by atoms with Gasteiger partial charge in [-0.3, -0.25) is 0 Å². The Hall–Kier alpha value is -1.79. The minimum absolute atomic E-state index is 0.00430. The minimum Gasteiger partial charge on any atom is -0.444 e. The lowest BCUT2D eigenvalue weighted by atomic mass is 10.0. The SMILES string of the molecule is CN(C)c1ccc(CN[C@@H]2COCC[C@@H]2NC(=O)OC(C)(C)C)cc1. The van der Waals surface area contributed by atoms with Crippen LogP contribution < -0.4 is 15.5 Å². The summed E-state index contributed by atoms with van der Waals surface area (Å²) in [7, 11) is 4.05. The number of anilines is 1. The van der Waals surface area contributed by atoms with E-state index in [9.17, 15) is 4.79 Å². The van der Waals surface area contributed by atoms with E-state index in [2.05, 4.69) is 39.8 Å². The maximum absolute atomic E-state index is 12.0. The van der Waals surface area contributed by atoms with Gasteiger partial charge in [-0.2, -0.15) is 0 Å². The van der Waals surface area contributed by atoms with Gasteiger partial charge in [0.2, 0.25) is 0 Å². The number of rotatable bonds is 5. The van der Waals surface area contributed by atoms with Gasteiger partial charge in [0, 0.05) is 32.9 Å². The molecule has 0 radical (unpaired) electrons. The van der Waals surface area contributed by atoms with E-state index in [1.807, 2.05) is 34.9 Å². The molecule has 0 aliphatic carbocycles. The van der Waals surface area contributed by atoms with Gasteiger partial charge in [-0.1, -0.05) is 12.1 Å². The molecule has 2 rings (SSSR count). The Morgan fingerprint density at radius 2 is 1.92 bits per heavy atom. The molecular formula is C19H31N3O3. The smallest absolute Gasteiger partial charge is 0.407 e. The molecule has 0 saturated carbocycles. The van der Waals surface area contributed by atoms with Crippen molar-refractivity contribution in [3.05, 3.63) is 29.8 Å². The minimum atomic E-state index is -0.494. The number of nitrogens with zero attached hydrogens (tertiary/aromatic N) is 1. The summed E-state index contributed by atoms with van der Waals surface area (Å²) in [6, 6.07) is 8.50. The summed E-state index contributed by atoms with van der Waals surface area (Å²) in [5, 5.41) is 6.47. The zero-order valence-corrected chi connectivity index (χ0v) is 16.0. The molecule has 1 heterocycles. The average molecular weight is 349 g/mol. The van der Waals surface area contributed by atoms with E-state index in [1.54, 1.807) is 0 Å². The molecule has 1 aliphatic rings. The first-order chi connectivity index (χ1) is 11.7. The van der Waals surface area contributed by atoms with Crippen LogP contribution in [0.4, 0.5) is 10.5 Å². The molecule has 6 heteroatoms. The fourth-order valence-corrected chi connectivity index (χ4v) is 2.73. The zero-order valence-electron chi connectivity index (χ0n) is 16.0. The van der Waals surface area contributed by atoms with E-state index in [0.717, 1.165) is 13.0 Å². The highest BCUT2D eigenvalue weighted by molar-refractivity contribution is 5.68. The quantitative estimate of drug-likeness (QED) is 0.855. The number of ether oxygens (including phenoxy) is 2. The number of hydrogen-bond donors (Lipinski definition) is 2. The summed E-state index contributed by atoms with van der Waals surface area (Å²) < 4.78 is 10.9. The van der Waals surface area contributed by atoms with Crippen LogP contribution in [-0.2, 0) is 16.0 Å². The van der Waals surface area contributed by atoms with Crippen molar-refractivity contribution in [1.29, 1.82) is 0 Å². The standard InChI is InChI=1S/C19H31N3O3/c1-19(2,3)25-18(23)21-16-10-11-24-13-17(16)20-12-14-6-8-15(9-7-14)22(4)5/h6-9,16-17,20H,10-13H2,1-5H3,(H,21,23)/t16-,17+/m0/s1. The number of alkyl carbamates (subject to hydrolysis) is 1. The molecular weight excluding hydrogens is 318 g/mol. The first-order valence-electron chi connectivity index (χ1n) is 8.81. The van der Waals surface area contributed by atoms with Crippen molar-refractivity contribution >= 4 is 11.8 Å². The third-order valence-electron chi connectivity index (χ3n) is 4.08. The van der Waals surface area contributed by atoms with Gasteiger partial charge in [-0.25, -0.2) is 4.79 Å². The lowest BCUT2D eigenvalue weighted by Gasteiger charge is -2.33. The Morgan fingerprint density at radius 1 is 1.24 bits per heavy atom. The number of carbonyl (C=O) groups excluding carboxylic acids is 1. The van der Waals surface area contributed by atoms with E-state index in [-0.39, 0.29) is 18.2 Å². The summed E-state index contributed by atoms with van der Waals surface area (Å²) >= 11 is 0. The molecule has 1 saturated heterocycles. The first kappa shape index (κ1) is 19.5. The molecule has 2 N–H and O–H groups in total. The van der Waals surface area contributed by atoms with E-state index >= 15 is 0 Å². The fraction of sp³-hybridized carbons (Fsp3) is 0.632. The van der Waals surface area contributed by atoms with Crippen molar-refractivity contribution in [3.8, 4) is 0 Å². The summed E-state index contributed by atoms with van der Waals surface area (Å²) in [5.41, 5.74) is 1.88. The number of carbonyl (C=O) groups is 1. The number of nitrogens with one attached hydrogen (secondary N) is 2. The van der Waals surface area contributed by atoms with Crippen LogP contribution in [0, 0.1) is 0 Å². The van der Waals surface area contributed by atoms with E-state index < -0.39 is 5.60 Å². The molecule has 1 aromatic rings. The van der Waals surface area contributed by atoms with Crippen molar-refractivity contribution in [2.75, 3.05) is 32.2 Å². The van der Waals surface area contributed by atoms with Gasteiger partial charge < -0.3 is 25.0 Å². The second-order valence-corrected chi connectivity index (χ2v) is 7.66. The van der Waals surface area contributed by atoms with Crippen molar-refractivity contribution in [2.24, 2.45) is 0 Å². The molecule has 1 aromatic carbocycles. The molecule has 1 amide bonds. The lowest BCUT2D eigenvalue weighted by Crippen LogP contribution is -2.55. The van der Waals surface area contributed by atoms with Crippen LogP contribution in [-0.4, -0.2) is 51.1 Å². The Balaban J connectivity index is 1.88. The number of amides is 1. The van der Waals surface area contributed by atoms with Crippen molar-refractivity contribution in [1.82, 2.24) is 10.6 Å². The molecule has 25 heavy (non-hydrogen) atoms. The highest BCUT2D eigenvalue weighted by Crippen LogP contribution is 2.14. The molecule has 1 fully saturated rings. The highest BCUT2D eigenvalue weighted by atomic mass is 16.6. The van der Waals surface area contributed by atoms with Crippen LogP contribution in [0.5, 0.6) is 0 Å². The van der Waals surface area contributed by atoms with E-state index in [4.69, 9.17) is 9.47 Å². The van der Waals surface area contributed by atoms with Gasteiger partial charge in [0.25, 0.3) is 0 Å². The molecule has 0 bridgehead atoms. The largest absolute Gasteiger partial charge is 0.444 e. The van der Waals surface area contributed by atoms with Gasteiger partial charge in [0.1, 0.15) is 5.60 Å². The number of benzene rings is 1. The first-order valence-corrected chi connectivity index (χ1v) is 8.81.